The average Bonchev–Trinajstić information content (AvgIpc) is 2.55. The van der Waals surface area contributed by atoms with Crippen molar-refractivity contribution in [3.05, 3.63) is 0 Å². The maximum absolute atomic E-state index is 12.2. The van der Waals surface area contributed by atoms with Gasteiger partial charge in [-0.05, 0) is 12.8 Å². The van der Waals surface area contributed by atoms with Crippen molar-refractivity contribution in [2.75, 3.05) is 6.54 Å². The molecule has 0 aliphatic heterocycles. The molecule has 0 aromatic carbocycles. The summed E-state index contributed by atoms with van der Waals surface area (Å²) in [5.74, 6) is -6.02. The largest absolute Gasteiger partial charge is 0.481 e. The number of carbonyl (C=O) groups is 5. The fourth-order valence-corrected chi connectivity index (χ4v) is 1.99. The predicted molar refractivity (Wildman–Crippen MR) is 95.4 cm³/mol. The Labute approximate surface area is 159 Å². The Bertz CT molecular complexity index is 634. The number of rotatable bonds is 13. The maximum atomic E-state index is 12.2. The molecule has 0 aromatic rings. The van der Waals surface area contributed by atoms with Crippen LogP contribution >= 0.6 is 0 Å². The summed E-state index contributed by atoms with van der Waals surface area (Å²) < 4.78 is 0. The second kappa shape index (κ2) is 12.1. The first-order valence-corrected chi connectivity index (χ1v) is 8.08. The number of carboxylic acids is 2. The summed E-state index contributed by atoms with van der Waals surface area (Å²) in [6.07, 6.45) is -1.02. The zero-order chi connectivity index (χ0) is 21.9. The van der Waals surface area contributed by atoms with Gasteiger partial charge in [-0.15, -0.1) is 0 Å². The van der Waals surface area contributed by atoms with Crippen molar-refractivity contribution < 1.29 is 34.2 Å². The molecule has 0 heterocycles. The third kappa shape index (κ3) is 10.5. The van der Waals surface area contributed by atoms with Gasteiger partial charge in [0.15, 0.2) is 5.96 Å². The Morgan fingerprint density at radius 2 is 1.46 bits per heavy atom. The van der Waals surface area contributed by atoms with Crippen LogP contribution in [0.2, 0.25) is 0 Å². The molecule has 28 heavy (non-hydrogen) atoms. The van der Waals surface area contributed by atoms with Gasteiger partial charge in [0.05, 0.1) is 18.9 Å². The number of hydrogen-bond acceptors (Lipinski definition) is 7. The van der Waals surface area contributed by atoms with E-state index in [2.05, 4.69) is 10.3 Å². The van der Waals surface area contributed by atoms with E-state index in [0.29, 0.717) is 6.42 Å². The molecule has 12 N–H and O–H groups in total. The van der Waals surface area contributed by atoms with Gasteiger partial charge in [0.25, 0.3) is 0 Å². The van der Waals surface area contributed by atoms with E-state index < -0.39 is 60.6 Å². The molecule has 158 valence electrons. The highest BCUT2D eigenvalue weighted by molar-refractivity contribution is 5.95. The van der Waals surface area contributed by atoms with Gasteiger partial charge in [0, 0.05) is 6.54 Å². The molecular weight excluding hydrogens is 378 g/mol. The molecule has 0 aliphatic carbocycles. The minimum atomic E-state index is -1.76. The molecule has 0 saturated carbocycles. The zero-order valence-electron chi connectivity index (χ0n) is 15.0. The number of aliphatic imine (C=N–C) groups is 1. The molecule has 0 rings (SSSR count). The number of carbonyl (C=O) groups excluding carboxylic acids is 3. The molecule has 0 bridgehead atoms. The van der Waals surface area contributed by atoms with Crippen LogP contribution in [0.25, 0.3) is 0 Å². The molecule has 0 aliphatic rings. The molecule has 3 unspecified atom stereocenters. The molecule has 0 radical (unpaired) electrons. The minimum Gasteiger partial charge on any atom is -0.481 e. The van der Waals surface area contributed by atoms with Crippen molar-refractivity contribution in [3.8, 4) is 0 Å². The van der Waals surface area contributed by atoms with Gasteiger partial charge in [-0.2, -0.15) is 0 Å². The van der Waals surface area contributed by atoms with E-state index in [4.69, 9.17) is 33.1 Å². The van der Waals surface area contributed by atoms with Crippen LogP contribution in [0.5, 0.6) is 0 Å². The van der Waals surface area contributed by atoms with Crippen LogP contribution in [0, 0.1) is 0 Å². The molecule has 0 fully saturated rings. The maximum Gasteiger partial charge on any atom is 0.326 e. The Balaban J connectivity index is 4.95. The van der Waals surface area contributed by atoms with Crippen LogP contribution in [0.3, 0.4) is 0 Å². The van der Waals surface area contributed by atoms with Crippen LogP contribution in [-0.2, 0) is 24.0 Å². The second-order valence-electron chi connectivity index (χ2n) is 5.78. The van der Waals surface area contributed by atoms with Crippen molar-refractivity contribution >= 4 is 35.6 Å². The number of nitrogens with one attached hydrogen (secondary N) is 2. The standard InChI is InChI=1S/C14H25N7O7/c15-6(2-1-3-19-14(17)18)11(25)20-7(4-9(16)22)12(26)21-8(13(27)28)5-10(23)24/h6-8H,1-5,15H2,(H2,16,22)(H,20,25)(H,21,26)(H,23,24)(H,27,28)(H4,17,18,19). The van der Waals surface area contributed by atoms with Gasteiger partial charge in [-0.1, -0.05) is 0 Å². The van der Waals surface area contributed by atoms with Crippen LogP contribution in [0.1, 0.15) is 25.7 Å². The lowest BCUT2D eigenvalue weighted by Gasteiger charge is -2.21. The zero-order valence-corrected chi connectivity index (χ0v) is 15.0. The highest BCUT2D eigenvalue weighted by Gasteiger charge is 2.30. The number of guanidine groups is 1. The van der Waals surface area contributed by atoms with E-state index in [1.165, 1.54) is 0 Å². The highest BCUT2D eigenvalue weighted by Crippen LogP contribution is 2.01. The Morgan fingerprint density at radius 1 is 0.893 bits per heavy atom. The molecular formula is C14H25N7O7. The summed E-state index contributed by atoms with van der Waals surface area (Å²) in [7, 11) is 0. The number of aliphatic carboxylic acids is 2. The number of carboxylic acid groups (broad SMARTS) is 2. The van der Waals surface area contributed by atoms with E-state index >= 15 is 0 Å². The van der Waals surface area contributed by atoms with Crippen molar-refractivity contribution in [1.82, 2.24) is 10.6 Å². The molecule has 0 saturated heterocycles. The number of nitrogens with zero attached hydrogens (tertiary/aromatic N) is 1. The van der Waals surface area contributed by atoms with Crippen LogP contribution in [-0.4, -0.2) is 70.5 Å². The lowest BCUT2D eigenvalue weighted by atomic mass is 10.1. The molecule has 3 atom stereocenters. The molecule has 0 spiro atoms. The Kier molecular flexibility index (Phi) is 10.6. The van der Waals surface area contributed by atoms with Crippen molar-refractivity contribution in [2.24, 2.45) is 27.9 Å². The lowest BCUT2D eigenvalue weighted by molar-refractivity contribution is -0.147. The Hall–Kier alpha value is -3.42. The lowest BCUT2D eigenvalue weighted by Crippen LogP contribution is -2.55. The van der Waals surface area contributed by atoms with Crippen molar-refractivity contribution in [1.29, 1.82) is 0 Å². The number of nitrogens with two attached hydrogens (primary N) is 4. The summed E-state index contributed by atoms with van der Waals surface area (Å²) >= 11 is 0. The van der Waals surface area contributed by atoms with Crippen LogP contribution < -0.4 is 33.6 Å². The average molecular weight is 403 g/mol. The normalized spacial score (nSPS) is 13.5. The Morgan fingerprint density at radius 3 is 1.93 bits per heavy atom. The van der Waals surface area contributed by atoms with Gasteiger partial charge in [0.1, 0.15) is 12.1 Å². The van der Waals surface area contributed by atoms with Gasteiger partial charge in [-0.25, -0.2) is 4.79 Å². The fraction of sp³-hybridized carbons (Fsp3) is 0.571. The highest BCUT2D eigenvalue weighted by atomic mass is 16.4. The summed E-state index contributed by atoms with van der Waals surface area (Å²) in [6, 6.07) is -4.35. The predicted octanol–water partition coefficient (Wildman–Crippen LogP) is -4.23. The smallest absolute Gasteiger partial charge is 0.326 e. The number of hydrogen-bond donors (Lipinski definition) is 8. The minimum absolute atomic E-state index is 0.120. The third-order valence-electron chi connectivity index (χ3n) is 3.34. The first kappa shape index (κ1) is 24.6. The molecule has 14 heteroatoms. The second-order valence-corrected chi connectivity index (χ2v) is 5.78. The first-order valence-electron chi connectivity index (χ1n) is 8.08. The van der Waals surface area contributed by atoms with Gasteiger partial charge in [-0.3, -0.25) is 24.2 Å². The van der Waals surface area contributed by atoms with E-state index in [9.17, 15) is 24.0 Å². The molecule has 0 aromatic heterocycles. The first-order chi connectivity index (χ1) is 12.9. The third-order valence-corrected chi connectivity index (χ3v) is 3.34. The number of amides is 3. The fourth-order valence-electron chi connectivity index (χ4n) is 1.99. The van der Waals surface area contributed by atoms with Crippen molar-refractivity contribution in [3.63, 3.8) is 0 Å². The van der Waals surface area contributed by atoms with Gasteiger partial charge >= 0.3 is 11.9 Å². The number of primary amides is 1. The molecule has 3 amide bonds. The summed E-state index contributed by atoms with van der Waals surface area (Å²) in [5, 5.41) is 21.8. The van der Waals surface area contributed by atoms with Gasteiger partial charge in [0.2, 0.25) is 17.7 Å². The summed E-state index contributed by atoms with van der Waals surface area (Å²) in [4.78, 5) is 60.9. The van der Waals surface area contributed by atoms with Gasteiger partial charge < -0.3 is 43.8 Å². The van der Waals surface area contributed by atoms with E-state index in [1.807, 2.05) is 5.32 Å². The SMILES string of the molecule is NC(=O)CC(NC(=O)C(N)CCCN=C(N)N)C(=O)NC(CC(=O)O)C(=O)O. The van der Waals surface area contributed by atoms with E-state index in [0.717, 1.165) is 0 Å². The van der Waals surface area contributed by atoms with Crippen molar-refractivity contribution in [2.45, 2.75) is 43.8 Å². The molecule has 14 nitrogen and oxygen atoms in total. The summed E-state index contributed by atoms with van der Waals surface area (Å²) in [5.41, 5.74) is 21.0. The van der Waals surface area contributed by atoms with Crippen LogP contribution in [0.4, 0.5) is 0 Å². The van der Waals surface area contributed by atoms with E-state index in [-0.39, 0.29) is 18.9 Å². The van der Waals surface area contributed by atoms with Crippen LogP contribution in [0.15, 0.2) is 4.99 Å². The monoisotopic (exact) mass is 403 g/mol. The summed E-state index contributed by atoms with van der Waals surface area (Å²) in [6.45, 7) is 0.226. The quantitative estimate of drug-likeness (QED) is 0.0833. The van der Waals surface area contributed by atoms with E-state index in [1.54, 1.807) is 0 Å². The topological polar surface area (TPSA) is 266 Å².